The lowest BCUT2D eigenvalue weighted by molar-refractivity contribution is 0.132. The molecule has 100 valence electrons. The smallest absolute Gasteiger partial charge is 0.161 e. The molecule has 1 saturated carbocycles. The third kappa shape index (κ3) is 2.67. The summed E-state index contributed by atoms with van der Waals surface area (Å²) in [6, 6.07) is 11.8. The lowest BCUT2D eigenvalue weighted by Crippen LogP contribution is -2.23. The van der Waals surface area contributed by atoms with Crippen molar-refractivity contribution in [1.82, 2.24) is 0 Å². The van der Waals surface area contributed by atoms with Crippen molar-refractivity contribution in [2.24, 2.45) is 5.92 Å². The molecular weight excluding hydrogens is 236 g/mol. The highest BCUT2D eigenvalue weighted by molar-refractivity contribution is 5.85. The van der Waals surface area contributed by atoms with Crippen molar-refractivity contribution in [3.8, 4) is 11.5 Å². The quantitative estimate of drug-likeness (QED) is 0.857. The molecule has 1 aliphatic rings. The van der Waals surface area contributed by atoms with E-state index in [4.69, 9.17) is 4.74 Å². The second-order valence-corrected chi connectivity index (χ2v) is 5.67. The molecule has 1 aliphatic carbocycles. The Bertz CT molecular complexity index is 568. The molecule has 3 rings (SSSR count). The molecule has 2 heteroatoms. The molecule has 0 unspecified atom stereocenters. The van der Waals surface area contributed by atoms with Crippen molar-refractivity contribution < 1.29 is 9.84 Å². The molecule has 19 heavy (non-hydrogen) atoms. The van der Waals surface area contributed by atoms with Crippen LogP contribution in [0.3, 0.4) is 0 Å². The molecule has 2 aromatic carbocycles. The van der Waals surface area contributed by atoms with Gasteiger partial charge in [-0.15, -0.1) is 0 Å². The van der Waals surface area contributed by atoms with Crippen LogP contribution in [0, 0.1) is 5.92 Å². The highest BCUT2D eigenvalue weighted by Gasteiger charge is 2.20. The fraction of sp³-hybridized carbons (Fsp3) is 0.412. The molecule has 0 radical (unpaired) electrons. The summed E-state index contributed by atoms with van der Waals surface area (Å²) in [5.41, 5.74) is 0. The Hall–Kier alpha value is -1.70. The largest absolute Gasteiger partial charge is 0.504 e. The van der Waals surface area contributed by atoms with Gasteiger partial charge in [-0.2, -0.15) is 0 Å². The van der Waals surface area contributed by atoms with E-state index in [1.54, 1.807) is 6.07 Å². The molecule has 0 bridgehead atoms. The number of fused-ring (bicyclic) bond motifs is 1. The van der Waals surface area contributed by atoms with Crippen molar-refractivity contribution in [1.29, 1.82) is 0 Å². The van der Waals surface area contributed by atoms with Gasteiger partial charge in [0, 0.05) is 0 Å². The Morgan fingerprint density at radius 3 is 2.32 bits per heavy atom. The minimum Gasteiger partial charge on any atom is -0.504 e. The van der Waals surface area contributed by atoms with Crippen molar-refractivity contribution in [3.63, 3.8) is 0 Å². The second kappa shape index (κ2) is 5.12. The average molecular weight is 256 g/mol. The van der Waals surface area contributed by atoms with Gasteiger partial charge in [-0.1, -0.05) is 31.2 Å². The van der Waals surface area contributed by atoms with Gasteiger partial charge < -0.3 is 9.84 Å². The number of hydrogen-bond donors (Lipinski definition) is 1. The molecule has 0 amide bonds. The number of aromatic hydroxyl groups is 1. The van der Waals surface area contributed by atoms with Gasteiger partial charge in [0.25, 0.3) is 0 Å². The van der Waals surface area contributed by atoms with Crippen molar-refractivity contribution in [2.75, 3.05) is 0 Å². The summed E-state index contributed by atoms with van der Waals surface area (Å²) in [7, 11) is 0. The first kappa shape index (κ1) is 12.3. The zero-order valence-electron chi connectivity index (χ0n) is 11.3. The lowest BCUT2D eigenvalue weighted by Gasteiger charge is -2.27. The molecule has 2 nitrogen and oxygen atoms in total. The molecule has 1 fully saturated rings. The Morgan fingerprint density at radius 1 is 1.00 bits per heavy atom. The van der Waals surface area contributed by atoms with Crippen LogP contribution in [-0.4, -0.2) is 11.2 Å². The first-order valence-corrected chi connectivity index (χ1v) is 7.11. The molecule has 2 aromatic rings. The van der Waals surface area contributed by atoms with Gasteiger partial charge in [0.15, 0.2) is 11.5 Å². The van der Waals surface area contributed by atoms with Crippen molar-refractivity contribution in [2.45, 2.75) is 38.7 Å². The van der Waals surface area contributed by atoms with Crippen LogP contribution in [0.25, 0.3) is 10.8 Å². The third-order valence-electron chi connectivity index (χ3n) is 4.08. The number of benzene rings is 2. The highest BCUT2D eigenvalue weighted by atomic mass is 16.5. The molecule has 0 saturated heterocycles. The van der Waals surface area contributed by atoms with Crippen LogP contribution in [0.4, 0.5) is 0 Å². The number of phenolic OH excluding ortho intramolecular Hbond substituents is 1. The fourth-order valence-electron chi connectivity index (χ4n) is 2.83. The molecule has 1 N–H and O–H groups in total. The van der Waals surface area contributed by atoms with Gasteiger partial charge >= 0.3 is 0 Å². The topological polar surface area (TPSA) is 29.5 Å². The Balaban J connectivity index is 1.82. The van der Waals surface area contributed by atoms with Gasteiger partial charge in [0.2, 0.25) is 0 Å². The van der Waals surface area contributed by atoms with Crippen molar-refractivity contribution in [3.05, 3.63) is 36.4 Å². The van der Waals surface area contributed by atoms with Crippen molar-refractivity contribution >= 4 is 10.8 Å². The van der Waals surface area contributed by atoms with E-state index < -0.39 is 0 Å². The summed E-state index contributed by atoms with van der Waals surface area (Å²) in [4.78, 5) is 0. The zero-order chi connectivity index (χ0) is 13.2. The van der Waals surface area contributed by atoms with Crippen LogP contribution >= 0.6 is 0 Å². The van der Waals surface area contributed by atoms with Gasteiger partial charge in [-0.3, -0.25) is 0 Å². The summed E-state index contributed by atoms with van der Waals surface area (Å²) in [6.07, 6.45) is 4.88. The predicted octanol–water partition coefficient (Wildman–Crippen LogP) is 4.50. The average Bonchev–Trinajstić information content (AvgIpc) is 2.42. The predicted molar refractivity (Wildman–Crippen MR) is 77.7 cm³/mol. The molecule has 0 atom stereocenters. The molecular formula is C17H20O2. The van der Waals surface area contributed by atoms with E-state index in [1.165, 1.54) is 12.8 Å². The standard InChI is InChI=1S/C17H20O2/c1-12-6-8-15(9-7-12)19-17-11-14-5-3-2-4-13(14)10-16(17)18/h2-5,10-12,15,18H,6-9H2,1H3. The van der Waals surface area contributed by atoms with Gasteiger partial charge in [-0.05, 0) is 54.5 Å². The summed E-state index contributed by atoms with van der Waals surface area (Å²) in [6.45, 7) is 2.30. The molecule has 0 aliphatic heterocycles. The Morgan fingerprint density at radius 2 is 1.63 bits per heavy atom. The summed E-state index contributed by atoms with van der Waals surface area (Å²) < 4.78 is 5.99. The number of ether oxygens (including phenoxy) is 1. The van der Waals surface area contributed by atoms with E-state index in [9.17, 15) is 5.11 Å². The Labute approximate surface area is 114 Å². The first-order chi connectivity index (χ1) is 9.22. The number of phenols is 1. The summed E-state index contributed by atoms with van der Waals surface area (Å²) in [5.74, 6) is 1.68. The maximum Gasteiger partial charge on any atom is 0.161 e. The zero-order valence-corrected chi connectivity index (χ0v) is 11.3. The molecule has 0 heterocycles. The Kier molecular flexibility index (Phi) is 3.33. The summed E-state index contributed by atoms with van der Waals surface area (Å²) in [5, 5.41) is 12.2. The van der Waals surface area contributed by atoms with E-state index in [0.717, 1.165) is 29.5 Å². The van der Waals surface area contributed by atoms with Gasteiger partial charge in [-0.25, -0.2) is 0 Å². The van der Waals surface area contributed by atoms with E-state index >= 15 is 0 Å². The normalized spacial score (nSPS) is 23.4. The van der Waals surface area contributed by atoms with Crippen LogP contribution in [-0.2, 0) is 0 Å². The van der Waals surface area contributed by atoms with E-state index in [-0.39, 0.29) is 11.9 Å². The maximum atomic E-state index is 10.1. The van der Waals surface area contributed by atoms with Crippen LogP contribution in [0.1, 0.15) is 32.6 Å². The minimum absolute atomic E-state index is 0.248. The molecule has 0 spiro atoms. The van der Waals surface area contributed by atoms with E-state index in [0.29, 0.717) is 5.75 Å². The van der Waals surface area contributed by atoms with E-state index in [1.807, 2.05) is 30.3 Å². The van der Waals surface area contributed by atoms with Gasteiger partial charge in [0.05, 0.1) is 6.10 Å². The van der Waals surface area contributed by atoms with Crippen LogP contribution < -0.4 is 4.74 Å². The number of rotatable bonds is 2. The number of hydrogen-bond acceptors (Lipinski definition) is 2. The summed E-state index contributed by atoms with van der Waals surface area (Å²) >= 11 is 0. The highest BCUT2D eigenvalue weighted by Crippen LogP contribution is 2.34. The van der Waals surface area contributed by atoms with E-state index in [2.05, 4.69) is 6.92 Å². The second-order valence-electron chi connectivity index (χ2n) is 5.67. The van der Waals surface area contributed by atoms with Crippen LogP contribution in [0.15, 0.2) is 36.4 Å². The monoisotopic (exact) mass is 256 g/mol. The first-order valence-electron chi connectivity index (χ1n) is 7.11. The lowest BCUT2D eigenvalue weighted by atomic mass is 9.89. The fourth-order valence-corrected chi connectivity index (χ4v) is 2.83. The van der Waals surface area contributed by atoms with Crippen LogP contribution in [0.5, 0.6) is 11.5 Å². The van der Waals surface area contributed by atoms with Crippen LogP contribution in [0.2, 0.25) is 0 Å². The third-order valence-corrected chi connectivity index (χ3v) is 4.08. The maximum absolute atomic E-state index is 10.1. The SMILES string of the molecule is CC1CCC(Oc2cc3ccccc3cc2O)CC1. The minimum atomic E-state index is 0.248. The molecule has 0 aromatic heterocycles. The van der Waals surface area contributed by atoms with Gasteiger partial charge in [0.1, 0.15) is 0 Å².